The van der Waals surface area contributed by atoms with Crippen LogP contribution in [0.1, 0.15) is 32.6 Å². The number of nitrogens with zero attached hydrogens (tertiary/aromatic N) is 4. The SMILES string of the molecule is CCn1ccc2cc(Nc3cnccn3)nc(NC3CCC(N)(O)CC3)c2c1=O. The first-order valence-electron chi connectivity index (χ1n) is 9.80. The Hall–Kier alpha value is -3.04. The lowest BCUT2D eigenvalue weighted by Crippen LogP contribution is -2.45. The smallest absolute Gasteiger partial charge is 0.262 e. The minimum absolute atomic E-state index is 0.0796. The summed E-state index contributed by atoms with van der Waals surface area (Å²) in [6.07, 6.45) is 8.99. The van der Waals surface area contributed by atoms with Crippen LogP contribution in [0, 0.1) is 0 Å². The molecule has 0 atom stereocenters. The van der Waals surface area contributed by atoms with Crippen molar-refractivity contribution in [1.29, 1.82) is 0 Å². The third-order valence-electron chi connectivity index (χ3n) is 5.31. The first-order chi connectivity index (χ1) is 13.9. The number of hydrogen-bond acceptors (Lipinski definition) is 8. The Morgan fingerprint density at radius 2 is 2.10 bits per heavy atom. The summed E-state index contributed by atoms with van der Waals surface area (Å²) in [4.78, 5) is 25.9. The van der Waals surface area contributed by atoms with Gasteiger partial charge in [-0.05, 0) is 50.1 Å². The molecule has 1 saturated carbocycles. The molecule has 0 bridgehead atoms. The predicted molar refractivity (Wildman–Crippen MR) is 112 cm³/mol. The second-order valence-corrected chi connectivity index (χ2v) is 7.47. The highest BCUT2D eigenvalue weighted by Crippen LogP contribution is 2.29. The molecule has 3 aromatic heterocycles. The van der Waals surface area contributed by atoms with Gasteiger partial charge in [0.1, 0.15) is 23.2 Å². The fourth-order valence-electron chi connectivity index (χ4n) is 3.67. The highest BCUT2D eigenvalue weighted by atomic mass is 16.3. The molecule has 0 spiro atoms. The number of anilines is 3. The van der Waals surface area contributed by atoms with Crippen LogP contribution in [0.2, 0.25) is 0 Å². The molecule has 29 heavy (non-hydrogen) atoms. The lowest BCUT2D eigenvalue weighted by Gasteiger charge is -2.33. The number of pyridine rings is 2. The van der Waals surface area contributed by atoms with Crippen LogP contribution in [-0.2, 0) is 6.54 Å². The highest BCUT2D eigenvalue weighted by molar-refractivity contribution is 5.93. The van der Waals surface area contributed by atoms with Crippen LogP contribution in [-0.4, -0.2) is 36.4 Å². The van der Waals surface area contributed by atoms with Crippen molar-refractivity contribution in [2.45, 2.75) is 50.9 Å². The minimum Gasteiger partial charge on any atom is -0.376 e. The van der Waals surface area contributed by atoms with Gasteiger partial charge in [-0.3, -0.25) is 9.78 Å². The van der Waals surface area contributed by atoms with Crippen molar-refractivity contribution in [3.8, 4) is 0 Å². The van der Waals surface area contributed by atoms with Gasteiger partial charge in [0.15, 0.2) is 0 Å². The highest BCUT2D eigenvalue weighted by Gasteiger charge is 2.29. The molecule has 0 aromatic carbocycles. The number of aromatic nitrogens is 4. The van der Waals surface area contributed by atoms with Gasteiger partial charge in [-0.1, -0.05) is 0 Å². The van der Waals surface area contributed by atoms with Gasteiger partial charge in [0.25, 0.3) is 5.56 Å². The van der Waals surface area contributed by atoms with Crippen LogP contribution in [0.4, 0.5) is 17.5 Å². The van der Waals surface area contributed by atoms with E-state index >= 15 is 0 Å². The largest absolute Gasteiger partial charge is 0.376 e. The van der Waals surface area contributed by atoms with Crippen molar-refractivity contribution < 1.29 is 5.11 Å². The average Bonchev–Trinajstić information content (AvgIpc) is 2.70. The van der Waals surface area contributed by atoms with E-state index in [4.69, 9.17) is 5.73 Å². The van der Waals surface area contributed by atoms with E-state index in [1.165, 1.54) is 0 Å². The van der Waals surface area contributed by atoms with Crippen molar-refractivity contribution in [3.05, 3.63) is 47.3 Å². The van der Waals surface area contributed by atoms with Gasteiger partial charge in [0, 0.05) is 31.2 Å². The van der Waals surface area contributed by atoms with E-state index in [2.05, 4.69) is 25.6 Å². The molecule has 9 heteroatoms. The molecule has 9 nitrogen and oxygen atoms in total. The molecule has 3 heterocycles. The Morgan fingerprint density at radius 1 is 1.31 bits per heavy atom. The molecule has 0 saturated heterocycles. The first kappa shape index (κ1) is 19.3. The summed E-state index contributed by atoms with van der Waals surface area (Å²) < 4.78 is 1.66. The summed E-state index contributed by atoms with van der Waals surface area (Å²) >= 11 is 0. The summed E-state index contributed by atoms with van der Waals surface area (Å²) in [6, 6.07) is 3.82. The number of aliphatic hydroxyl groups is 1. The zero-order chi connectivity index (χ0) is 20.4. The minimum atomic E-state index is -1.11. The van der Waals surface area contributed by atoms with Crippen molar-refractivity contribution in [3.63, 3.8) is 0 Å². The molecule has 4 rings (SSSR count). The van der Waals surface area contributed by atoms with E-state index in [1.54, 1.807) is 29.4 Å². The summed E-state index contributed by atoms with van der Waals surface area (Å²) in [5.74, 6) is 1.66. The molecule has 152 valence electrons. The third-order valence-corrected chi connectivity index (χ3v) is 5.31. The van der Waals surface area contributed by atoms with Crippen LogP contribution in [0.3, 0.4) is 0 Å². The van der Waals surface area contributed by atoms with Gasteiger partial charge in [-0.25, -0.2) is 9.97 Å². The lowest BCUT2D eigenvalue weighted by atomic mass is 9.89. The standard InChI is InChI=1S/C20H25N7O2/c1-2-27-10-5-13-11-15(25-16-12-22-8-9-23-16)26-18(17(13)19(27)28)24-14-3-6-20(21,29)7-4-14/h5,8-12,14,29H,2-4,6-7,21H2,1H3,(H2,23,24,25,26). The summed E-state index contributed by atoms with van der Waals surface area (Å²) in [7, 11) is 0. The number of hydrogen-bond donors (Lipinski definition) is 4. The van der Waals surface area contributed by atoms with E-state index in [0.717, 1.165) is 5.39 Å². The van der Waals surface area contributed by atoms with Crippen LogP contribution < -0.4 is 21.9 Å². The molecule has 1 fully saturated rings. The monoisotopic (exact) mass is 395 g/mol. The van der Waals surface area contributed by atoms with Crippen molar-refractivity contribution in [1.82, 2.24) is 19.5 Å². The van der Waals surface area contributed by atoms with Gasteiger partial charge in [-0.2, -0.15) is 0 Å². The number of nitrogens with one attached hydrogen (secondary N) is 2. The van der Waals surface area contributed by atoms with Crippen LogP contribution in [0.25, 0.3) is 10.8 Å². The number of nitrogens with two attached hydrogens (primary N) is 1. The van der Waals surface area contributed by atoms with Crippen LogP contribution >= 0.6 is 0 Å². The molecule has 1 aliphatic rings. The van der Waals surface area contributed by atoms with Gasteiger partial charge in [0.05, 0.1) is 11.6 Å². The molecule has 5 N–H and O–H groups in total. The molecule has 0 aliphatic heterocycles. The molecular weight excluding hydrogens is 370 g/mol. The summed E-state index contributed by atoms with van der Waals surface area (Å²) in [6.45, 7) is 2.51. The maximum Gasteiger partial charge on any atom is 0.262 e. The molecule has 3 aromatic rings. The van der Waals surface area contributed by atoms with E-state index < -0.39 is 5.72 Å². The topological polar surface area (TPSA) is 131 Å². The molecule has 0 amide bonds. The average molecular weight is 395 g/mol. The van der Waals surface area contributed by atoms with Gasteiger partial charge >= 0.3 is 0 Å². The zero-order valence-electron chi connectivity index (χ0n) is 16.3. The Kier molecular flexibility index (Phi) is 5.16. The molecule has 0 unspecified atom stereocenters. The second kappa shape index (κ2) is 7.76. The van der Waals surface area contributed by atoms with E-state index in [9.17, 15) is 9.90 Å². The molecular formula is C20H25N7O2. The van der Waals surface area contributed by atoms with E-state index in [0.29, 0.717) is 55.1 Å². The zero-order valence-corrected chi connectivity index (χ0v) is 16.3. The Balaban J connectivity index is 1.73. The second-order valence-electron chi connectivity index (χ2n) is 7.47. The van der Waals surface area contributed by atoms with Gasteiger partial charge in [0.2, 0.25) is 0 Å². The van der Waals surface area contributed by atoms with Crippen molar-refractivity contribution in [2.24, 2.45) is 5.73 Å². The van der Waals surface area contributed by atoms with Crippen LogP contribution in [0.5, 0.6) is 0 Å². The van der Waals surface area contributed by atoms with Crippen molar-refractivity contribution >= 4 is 28.2 Å². The maximum absolute atomic E-state index is 13.0. The van der Waals surface area contributed by atoms with E-state index in [-0.39, 0.29) is 11.6 Å². The van der Waals surface area contributed by atoms with E-state index in [1.807, 2.05) is 19.1 Å². The maximum atomic E-state index is 13.0. The summed E-state index contributed by atoms with van der Waals surface area (Å²) in [5, 5.41) is 17.9. The van der Waals surface area contributed by atoms with Gasteiger partial charge in [-0.15, -0.1) is 0 Å². The number of rotatable bonds is 5. The Morgan fingerprint density at radius 3 is 2.79 bits per heavy atom. The van der Waals surface area contributed by atoms with Crippen molar-refractivity contribution in [2.75, 3.05) is 10.6 Å². The molecule has 1 aliphatic carbocycles. The molecule has 0 radical (unpaired) electrons. The number of fused-ring (bicyclic) bond motifs is 1. The van der Waals surface area contributed by atoms with Crippen LogP contribution in [0.15, 0.2) is 41.7 Å². The Bertz CT molecular complexity index is 1060. The Labute approximate surface area is 168 Å². The predicted octanol–water partition coefficient (Wildman–Crippen LogP) is 1.95. The van der Waals surface area contributed by atoms with Gasteiger partial charge < -0.3 is 26.0 Å². The normalized spacial score (nSPS) is 21.8. The summed E-state index contributed by atoms with van der Waals surface area (Å²) in [5.41, 5.74) is 4.63. The first-order valence-corrected chi connectivity index (χ1v) is 9.80. The fourth-order valence-corrected chi connectivity index (χ4v) is 3.67. The quantitative estimate of drug-likeness (QED) is 0.482. The fraction of sp³-hybridized carbons (Fsp3) is 0.400. The number of aryl methyl sites for hydroxylation is 1. The third kappa shape index (κ3) is 4.20. The lowest BCUT2D eigenvalue weighted by molar-refractivity contribution is 0.00755.